The summed E-state index contributed by atoms with van der Waals surface area (Å²) in [6.45, 7) is 2.00. The lowest BCUT2D eigenvalue weighted by Gasteiger charge is -2.16. The largest absolute Gasteiger partial charge is 0.452 e. The summed E-state index contributed by atoms with van der Waals surface area (Å²) >= 11 is 0. The van der Waals surface area contributed by atoms with Gasteiger partial charge >= 0.3 is 5.97 Å². The molecule has 1 N–H and O–H groups in total. The molecule has 1 heterocycles. The lowest BCUT2D eigenvalue weighted by molar-refractivity contribution is -0.119. The molecule has 0 bridgehead atoms. The number of carbonyl (C=O) groups is 2. The number of anilines is 1. The molecule has 1 aliphatic rings. The number of sulfonamides is 1. The highest BCUT2D eigenvalue weighted by Gasteiger charge is 2.27. The summed E-state index contributed by atoms with van der Waals surface area (Å²) in [6.07, 6.45) is 1.65. The monoisotopic (exact) mass is 420 g/mol. The number of amides is 1. The van der Waals surface area contributed by atoms with E-state index in [1.54, 1.807) is 13.0 Å². The van der Waals surface area contributed by atoms with Crippen molar-refractivity contribution in [2.45, 2.75) is 24.7 Å². The summed E-state index contributed by atoms with van der Waals surface area (Å²) in [4.78, 5) is 24.2. The first-order valence-electron chi connectivity index (χ1n) is 9.11. The minimum Gasteiger partial charge on any atom is -0.452 e. The number of rotatable bonds is 6. The summed E-state index contributed by atoms with van der Waals surface area (Å²) in [5.41, 5.74) is 0.835. The highest BCUT2D eigenvalue weighted by molar-refractivity contribution is 7.89. The number of nitrogens with one attached hydrogen (secondary N) is 1. The van der Waals surface area contributed by atoms with Crippen molar-refractivity contribution in [3.63, 3.8) is 0 Å². The number of ether oxygens (including phenoxy) is 1. The summed E-state index contributed by atoms with van der Waals surface area (Å²) in [6, 6.07) is 9.61. The summed E-state index contributed by atoms with van der Waals surface area (Å²) in [7, 11) is -3.61. The number of nitrogens with zero attached hydrogens (tertiary/aromatic N) is 1. The summed E-state index contributed by atoms with van der Waals surface area (Å²) in [5, 5.41) is 2.50. The first-order valence-corrected chi connectivity index (χ1v) is 10.5. The number of benzene rings is 2. The number of hydrogen-bond donors (Lipinski definition) is 1. The Balaban J connectivity index is 1.62. The van der Waals surface area contributed by atoms with Crippen LogP contribution in [0.25, 0.3) is 0 Å². The van der Waals surface area contributed by atoms with Crippen LogP contribution < -0.4 is 5.32 Å². The SMILES string of the molecule is Cc1ccc(F)cc1C(=O)OCC(=O)Nc1cccc(S(=O)(=O)N2CCCC2)c1. The molecule has 1 fully saturated rings. The van der Waals surface area contributed by atoms with Gasteiger partial charge in [0, 0.05) is 18.8 Å². The number of carbonyl (C=O) groups excluding carboxylic acids is 2. The van der Waals surface area contributed by atoms with Crippen molar-refractivity contribution in [2.75, 3.05) is 25.0 Å². The molecule has 0 atom stereocenters. The molecule has 9 heteroatoms. The molecule has 154 valence electrons. The number of esters is 1. The second kappa shape index (κ2) is 8.71. The zero-order chi connectivity index (χ0) is 21.0. The summed E-state index contributed by atoms with van der Waals surface area (Å²) < 4.78 is 44.9. The molecule has 0 saturated carbocycles. The van der Waals surface area contributed by atoms with Gasteiger partial charge in [0.25, 0.3) is 5.91 Å². The van der Waals surface area contributed by atoms with Crippen LogP contribution in [0.4, 0.5) is 10.1 Å². The van der Waals surface area contributed by atoms with E-state index in [0.717, 1.165) is 18.9 Å². The fraction of sp³-hybridized carbons (Fsp3) is 0.300. The van der Waals surface area contributed by atoms with Gasteiger partial charge in [-0.25, -0.2) is 17.6 Å². The Morgan fingerprint density at radius 2 is 1.86 bits per heavy atom. The Bertz CT molecular complexity index is 1030. The molecular formula is C20H21FN2O5S. The topological polar surface area (TPSA) is 92.8 Å². The van der Waals surface area contributed by atoms with Gasteiger partial charge in [-0.05, 0) is 55.7 Å². The zero-order valence-electron chi connectivity index (χ0n) is 15.9. The van der Waals surface area contributed by atoms with E-state index in [0.29, 0.717) is 18.7 Å². The van der Waals surface area contributed by atoms with Gasteiger partial charge in [-0.15, -0.1) is 0 Å². The predicted octanol–water partition coefficient (Wildman–Crippen LogP) is 2.71. The fourth-order valence-electron chi connectivity index (χ4n) is 3.03. The second-order valence-corrected chi connectivity index (χ2v) is 8.66. The highest BCUT2D eigenvalue weighted by atomic mass is 32.2. The van der Waals surface area contributed by atoms with E-state index in [4.69, 9.17) is 4.74 Å². The van der Waals surface area contributed by atoms with Crippen molar-refractivity contribution >= 4 is 27.6 Å². The average molecular weight is 420 g/mol. The quantitative estimate of drug-likeness (QED) is 0.726. The Morgan fingerprint density at radius 1 is 1.14 bits per heavy atom. The maximum absolute atomic E-state index is 13.3. The third kappa shape index (κ3) is 4.99. The van der Waals surface area contributed by atoms with E-state index < -0.39 is 34.3 Å². The normalized spacial score (nSPS) is 14.6. The minimum absolute atomic E-state index is 0.0384. The molecule has 2 aromatic carbocycles. The van der Waals surface area contributed by atoms with Crippen molar-refractivity contribution < 1.29 is 27.1 Å². The van der Waals surface area contributed by atoms with Crippen LogP contribution in [0.1, 0.15) is 28.8 Å². The van der Waals surface area contributed by atoms with Crippen LogP contribution >= 0.6 is 0 Å². The fourth-order valence-corrected chi connectivity index (χ4v) is 4.60. The molecule has 0 aliphatic carbocycles. The van der Waals surface area contributed by atoms with Gasteiger partial charge in [-0.1, -0.05) is 12.1 Å². The Morgan fingerprint density at radius 3 is 2.59 bits per heavy atom. The molecule has 0 spiro atoms. The molecule has 1 saturated heterocycles. The van der Waals surface area contributed by atoms with E-state index in [1.165, 1.54) is 34.6 Å². The number of halogens is 1. The van der Waals surface area contributed by atoms with Crippen LogP contribution in [-0.4, -0.2) is 44.3 Å². The number of aryl methyl sites for hydroxylation is 1. The molecule has 3 rings (SSSR count). The van der Waals surface area contributed by atoms with Gasteiger partial charge < -0.3 is 10.1 Å². The van der Waals surface area contributed by atoms with Crippen LogP contribution in [0, 0.1) is 12.7 Å². The minimum atomic E-state index is -3.61. The number of hydrogen-bond acceptors (Lipinski definition) is 5. The molecule has 2 aromatic rings. The molecule has 1 aliphatic heterocycles. The van der Waals surface area contributed by atoms with Gasteiger partial charge in [0.05, 0.1) is 10.5 Å². The maximum atomic E-state index is 13.3. The molecule has 7 nitrogen and oxygen atoms in total. The summed E-state index contributed by atoms with van der Waals surface area (Å²) in [5.74, 6) is -2.03. The predicted molar refractivity (Wildman–Crippen MR) is 104 cm³/mol. The van der Waals surface area contributed by atoms with Gasteiger partial charge in [0.15, 0.2) is 6.61 Å². The Hall–Kier alpha value is -2.78. The lowest BCUT2D eigenvalue weighted by atomic mass is 10.1. The molecule has 0 aromatic heterocycles. The van der Waals surface area contributed by atoms with Crippen LogP contribution in [0.2, 0.25) is 0 Å². The van der Waals surface area contributed by atoms with Gasteiger partial charge in [-0.3, -0.25) is 4.79 Å². The van der Waals surface area contributed by atoms with Crippen LogP contribution in [0.15, 0.2) is 47.4 Å². The van der Waals surface area contributed by atoms with E-state index in [2.05, 4.69) is 5.32 Å². The van der Waals surface area contributed by atoms with Crippen LogP contribution in [0.3, 0.4) is 0 Å². The van der Waals surface area contributed by atoms with Crippen molar-refractivity contribution in [1.29, 1.82) is 0 Å². The third-order valence-corrected chi connectivity index (χ3v) is 6.47. The average Bonchev–Trinajstić information content (AvgIpc) is 3.24. The smallest absolute Gasteiger partial charge is 0.339 e. The van der Waals surface area contributed by atoms with E-state index in [9.17, 15) is 22.4 Å². The van der Waals surface area contributed by atoms with Crippen molar-refractivity contribution in [3.8, 4) is 0 Å². The van der Waals surface area contributed by atoms with Crippen molar-refractivity contribution in [2.24, 2.45) is 0 Å². The molecule has 1 amide bonds. The third-order valence-electron chi connectivity index (χ3n) is 4.57. The van der Waals surface area contributed by atoms with Gasteiger partial charge in [-0.2, -0.15) is 4.31 Å². The first kappa shape index (κ1) is 20.9. The van der Waals surface area contributed by atoms with E-state index >= 15 is 0 Å². The standard InChI is InChI=1S/C20H21FN2O5S/c1-14-7-8-15(21)11-18(14)20(25)28-13-19(24)22-16-5-4-6-17(12-16)29(26,27)23-9-2-3-10-23/h4-8,11-12H,2-3,9-10,13H2,1H3,(H,22,24). The zero-order valence-corrected chi connectivity index (χ0v) is 16.7. The van der Waals surface area contributed by atoms with Crippen molar-refractivity contribution in [3.05, 3.63) is 59.4 Å². The molecule has 29 heavy (non-hydrogen) atoms. The van der Waals surface area contributed by atoms with E-state index in [-0.39, 0.29) is 16.1 Å². The van der Waals surface area contributed by atoms with Gasteiger partial charge in [0.1, 0.15) is 5.82 Å². The van der Waals surface area contributed by atoms with E-state index in [1.807, 2.05) is 0 Å². The van der Waals surface area contributed by atoms with Crippen molar-refractivity contribution in [1.82, 2.24) is 4.31 Å². The first-order chi connectivity index (χ1) is 13.8. The molecular weight excluding hydrogens is 399 g/mol. The maximum Gasteiger partial charge on any atom is 0.339 e. The Kier molecular flexibility index (Phi) is 6.29. The molecule has 0 unspecified atom stereocenters. The van der Waals surface area contributed by atoms with Gasteiger partial charge in [0.2, 0.25) is 10.0 Å². The van der Waals surface area contributed by atoms with Crippen LogP contribution in [0.5, 0.6) is 0 Å². The molecule has 0 radical (unpaired) electrons. The Labute approximate surface area is 168 Å². The second-order valence-electron chi connectivity index (χ2n) is 6.72. The highest BCUT2D eigenvalue weighted by Crippen LogP contribution is 2.23. The lowest BCUT2D eigenvalue weighted by Crippen LogP contribution is -2.28. The van der Waals surface area contributed by atoms with Crippen LogP contribution in [-0.2, 0) is 19.6 Å².